The van der Waals surface area contributed by atoms with E-state index >= 15 is 0 Å². The summed E-state index contributed by atoms with van der Waals surface area (Å²) in [7, 11) is 0. The molecule has 2 N–H and O–H groups in total. The van der Waals surface area contributed by atoms with Crippen molar-refractivity contribution in [2.24, 2.45) is 5.11 Å². The molecule has 2 unspecified atom stereocenters. The zero-order valence-corrected chi connectivity index (χ0v) is 9.97. The average Bonchev–Trinajstić information content (AvgIpc) is 2.24. The van der Waals surface area contributed by atoms with E-state index in [2.05, 4.69) is 26.0 Å². The highest BCUT2D eigenvalue weighted by molar-refractivity contribution is 9.10. The van der Waals surface area contributed by atoms with Gasteiger partial charge in [0.2, 0.25) is 0 Å². The summed E-state index contributed by atoms with van der Waals surface area (Å²) in [6.07, 6.45) is -3.09. The first-order chi connectivity index (χ1) is 7.97. The van der Waals surface area contributed by atoms with Crippen molar-refractivity contribution < 1.29 is 19.0 Å². The summed E-state index contributed by atoms with van der Waals surface area (Å²) >= 11 is 2.88. The van der Waals surface area contributed by atoms with Crippen molar-refractivity contribution in [3.8, 4) is 0 Å². The summed E-state index contributed by atoms with van der Waals surface area (Å²) in [6.45, 7) is -0.416. The van der Waals surface area contributed by atoms with E-state index in [0.29, 0.717) is 6.07 Å². The van der Waals surface area contributed by atoms with E-state index in [1.54, 1.807) is 0 Å². The Hall–Kier alpha value is -1.21. The van der Waals surface area contributed by atoms with E-state index in [1.165, 1.54) is 0 Å². The molecule has 0 aliphatic rings. The Labute approximate surface area is 103 Å². The van der Waals surface area contributed by atoms with Crippen molar-refractivity contribution in [1.82, 2.24) is 0 Å². The first-order valence-electron chi connectivity index (χ1n) is 4.48. The third-order valence-corrected chi connectivity index (χ3v) is 2.69. The zero-order valence-electron chi connectivity index (χ0n) is 8.39. The van der Waals surface area contributed by atoms with E-state index in [9.17, 15) is 19.0 Å². The third-order valence-electron chi connectivity index (χ3n) is 2.04. The Morgan fingerprint density at radius 1 is 1.41 bits per heavy atom. The van der Waals surface area contributed by atoms with E-state index in [1.807, 2.05) is 0 Å². The minimum absolute atomic E-state index is 0.0116. The molecule has 0 aliphatic carbocycles. The quantitative estimate of drug-likeness (QED) is 0.508. The number of benzene rings is 1. The maximum atomic E-state index is 13.4. The number of halogens is 3. The van der Waals surface area contributed by atoms with Crippen LogP contribution in [-0.4, -0.2) is 22.9 Å². The van der Waals surface area contributed by atoms with Crippen molar-refractivity contribution in [3.05, 3.63) is 44.2 Å². The van der Waals surface area contributed by atoms with Gasteiger partial charge in [-0.1, -0.05) is 21.0 Å². The standard InChI is InChI=1S/C9H8BrF2N3O2/c10-5-1-4(11)2-6(12)8(5)9(17)7(16)3-14-15-13/h1-2,7,9,16-17H,3H2. The number of aliphatic hydroxyl groups excluding tert-OH is 2. The summed E-state index contributed by atoms with van der Waals surface area (Å²) < 4.78 is 26.2. The minimum atomic E-state index is -1.62. The normalized spacial score (nSPS) is 13.9. The summed E-state index contributed by atoms with van der Waals surface area (Å²) in [4.78, 5) is 2.40. The van der Waals surface area contributed by atoms with E-state index in [4.69, 9.17) is 5.53 Å². The van der Waals surface area contributed by atoms with Crippen LogP contribution in [0.4, 0.5) is 8.78 Å². The van der Waals surface area contributed by atoms with Gasteiger partial charge < -0.3 is 10.2 Å². The fourth-order valence-corrected chi connectivity index (χ4v) is 1.89. The van der Waals surface area contributed by atoms with Crippen molar-refractivity contribution in [1.29, 1.82) is 0 Å². The van der Waals surface area contributed by atoms with Crippen molar-refractivity contribution in [2.75, 3.05) is 6.54 Å². The van der Waals surface area contributed by atoms with Crippen LogP contribution in [0.25, 0.3) is 10.4 Å². The average molecular weight is 308 g/mol. The van der Waals surface area contributed by atoms with Gasteiger partial charge in [0.15, 0.2) is 0 Å². The van der Waals surface area contributed by atoms with Gasteiger partial charge in [0.25, 0.3) is 0 Å². The fraction of sp³-hybridized carbons (Fsp3) is 0.333. The van der Waals surface area contributed by atoms with Crippen LogP contribution in [0.5, 0.6) is 0 Å². The SMILES string of the molecule is [N-]=[N+]=NCC(O)C(O)c1c(F)cc(F)cc1Br. The Morgan fingerprint density at radius 3 is 2.59 bits per heavy atom. The lowest BCUT2D eigenvalue weighted by Crippen LogP contribution is -2.22. The van der Waals surface area contributed by atoms with Gasteiger partial charge in [-0.2, -0.15) is 0 Å². The number of rotatable bonds is 4. The molecule has 1 aromatic carbocycles. The molecule has 1 aromatic rings. The number of azide groups is 1. The molecule has 2 atom stereocenters. The van der Waals surface area contributed by atoms with Gasteiger partial charge in [0, 0.05) is 21.0 Å². The molecule has 0 saturated heterocycles. The molecular formula is C9H8BrF2N3O2. The van der Waals surface area contributed by atoms with E-state index in [-0.39, 0.29) is 10.0 Å². The maximum Gasteiger partial charge on any atom is 0.133 e. The van der Waals surface area contributed by atoms with Crippen LogP contribution in [-0.2, 0) is 0 Å². The number of hydrogen-bond donors (Lipinski definition) is 2. The molecule has 0 fully saturated rings. The molecule has 1 rings (SSSR count). The third kappa shape index (κ3) is 3.37. The number of nitrogens with zero attached hydrogens (tertiary/aromatic N) is 3. The molecule has 5 nitrogen and oxygen atoms in total. The molecule has 17 heavy (non-hydrogen) atoms. The van der Waals surface area contributed by atoms with Crippen LogP contribution in [0, 0.1) is 11.6 Å². The second-order valence-electron chi connectivity index (χ2n) is 3.21. The van der Waals surface area contributed by atoms with Gasteiger partial charge in [-0.05, 0) is 11.6 Å². The molecule has 0 bridgehead atoms. The maximum absolute atomic E-state index is 13.4. The topological polar surface area (TPSA) is 89.2 Å². The first kappa shape index (κ1) is 13.9. The smallest absolute Gasteiger partial charge is 0.133 e. The van der Waals surface area contributed by atoms with E-state index in [0.717, 1.165) is 6.07 Å². The predicted octanol–water partition coefficient (Wildman–Crippen LogP) is 2.43. The predicted molar refractivity (Wildman–Crippen MR) is 59.0 cm³/mol. The van der Waals surface area contributed by atoms with Gasteiger partial charge in [0.1, 0.15) is 17.7 Å². The van der Waals surface area contributed by atoms with E-state index < -0.39 is 30.4 Å². The fourth-order valence-electron chi connectivity index (χ4n) is 1.25. The Kier molecular flexibility index (Phi) is 4.83. The van der Waals surface area contributed by atoms with Crippen molar-refractivity contribution in [3.63, 3.8) is 0 Å². The lowest BCUT2D eigenvalue weighted by atomic mass is 10.0. The van der Waals surface area contributed by atoms with Crippen molar-refractivity contribution >= 4 is 15.9 Å². The van der Waals surface area contributed by atoms with Gasteiger partial charge in [0.05, 0.1) is 12.6 Å². The molecule has 0 heterocycles. The van der Waals surface area contributed by atoms with Crippen LogP contribution >= 0.6 is 15.9 Å². The van der Waals surface area contributed by atoms with Crippen LogP contribution < -0.4 is 0 Å². The lowest BCUT2D eigenvalue weighted by Gasteiger charge is -2.18. The molecule has 0 amide bonds. The Morgan fingerprint density at radius 2 is 2.06 bits per heavy atom. The Bertz CT molecular complexity index is 443. The molecule has 92 valence electrons. The van der Waals surface area contributed by atoms with Crippen molar-refractivity contribution in [2.45, 2.75) is 12.2 Å². The highest BCUT2D eigenvalue weighted by Gasteiger charge is 2.24. The molecule has 0 radical (unpaired) electrons. The molecule has 0 aromatic heterocycles. The minimum Gasteiger partial charge on any atom is -0.390 e. The highest BCUT2D eigenvalue weighted by Crippen LogP contribution is 2.29. The summed E-state index contributed by atoms with van der Waals surface area (Å²) in [6, 6.07) is 1.55. The summed E-state index contributed by atoms with van der Waals surface area (Å²) in [5.41, 5.74) is 7.76. The number of hydrogen-bond acceptors (Lipinski definition) is 3. The second kappa shape index (κ2) is 5.92. The molecule has 0 saturated carbocycles. The van der Waals surface area contributed by atoms with Gasteiger partial charge in [-0.25, -0.2) is 8.78 Å². The molecule has 0 spiro atoms. The van der Waals surface area contributed by atoms with Crippen LogP contribution in [0.2, 0.25) is 0 Å². The van der Waals surface area contributed by atoms with Gasteiger partial charge >= 0.3 is 0 Å². The van der Waals surface area contributed by atoms with Crippen LogP contribution in [0.15, 0.2) is 21.7 Å². The molecule has 8 heteroatoms. The lowest BCUT2D eigenvalue weighted by molar-refractivity contribution is 0.0217. The van der Waals surface area contributed by atoms with Crippen LogP contribution in [0.1, 0.15) is 11.7 Å². The van der Waals surface area contributed by atoms with Gasteiger partial charge in [-0.3, -0.25) is 0 Å². The summed E-state index contributed by atoms with van der Waals surface area (Å²) in [5.74, 6) is -1.81. The van der Waals surface area contributed by atoms with Gasteiger partial charge in [-0.15, -0.1) is 0 Å². The Balaban J connectivity index is 3.03. The van der Waals surface area contributed by atoms with Crippen LogP contribution in [0.3, 0.4) is 0 Å². The number of aliphatic hydroxyl groups is 2. The molecule has 0 aliphatic heterocycles. The second-order valence-corrected chi connectivity index (χ2v) is 4.06. The highest BCUT2D eigenvalue weighted by atomic mass is 79.9. The largest absolute Gasteiger partial charge is 0.390 e. The first-order valence-corrected chi connectivity index (χ1v) is 5.28. The zero-order chi connectivity index (χ0) is 13.0. The molecular weight excluding hydrogens is 300 g/mol. The monoisotopic (exact) mass is 307 g/mol. The summed E-state index contributed by atoms with van der Waals surface area (Å²) in [5, 5.41) is 22.1.